The predicted molar refractivity (Wildman–Crippen MR) is 92.2 cm³/mol. The molecule has 0 spiro atoms. The molecule has 0 bridgehead atoms. The van der Waals surface area contributed by atoms with Gasteiger partial charge in [0, 0.05) is 29.3 Å². The lowest BCUT2D eigenvalue weighted by Crippen LogP contribution is -2.28. The van der Waals surface area contributed by atoms with Crippen molar-refractivity contribution in [2.75, 3.05) is 16.8 Å². The molecule has 2 aromatic rings. The number of benzene rings is 1. The van der Waals surface area contributed by atoms with Crippen LogP contribution in [0.15, 0.2) is 47.1 Å². The van der Waals surface area contributed by atoms with Gasteiger partial charge in [-0.05, 0) is 48.9 Å². The number of pyridine rings is 1. The molecule has 2 heterocycles. The average molecular weight is 374 g/mol. The van der Waals surface area contributed by atoms with Crippen LogP contribution >= 0.6 is 15.9 Å². The molecule has 5 nitrogen and oxygen atoms in total. The molecule has 1 fully saturated rings. The first-order valence-corrected chi connectivity index (χ1v) is 8.11. The van der Waals surface area contributed by atoms with Crippen LogP contribution in [0.5, 0.6) is 0 Å². The second-order valence-electron chi connectivity index (χ2n) is 5.59. The van der Waals surface area contributed by atoms with Gasteiger partial charge in [-0.15, -0.1) is 0 Å². The highest BCUT2D eigenvalue weighted by atomic mass is 79.9. The van der Waals surface area contributed by atoms with Crippen molar-refractivity contribution in [3.8, 4) is 0 Å². The zero-order chi connectivity index (χ0) is 16.4. The average Bonchev–Trinajstić information content (AvgIpc) is 2.90. The lowest BCUT2D eigenvalue weighted by molar-refractivity contribution is -0.122. The Morgan fingerprint density at radius 3 is 2.74 bits per heavy atom. The highest BCUT2D eigenvalue weighted by Crippen LogP contribution is 2.27. The number of nitrogens with zero attached hydrogens (tertiary/aromatic N) is 2. The molecule has 2 amide bonds. The molecule has 1 aliphatic rings. The minimum absolute atomic E-state index is 0.0373. The summed E-state index contributed by atoms with van der Waals surface area (Å²) in [5, 5.41) is 2.79. The Morgan fingerprint density at radius 1 is 1.30 bits per heavy atom. The van der Waals surface area contributed by atoms with Crippen molar-refractivity contribution in [2.24, 2.45) is 5.92 Å². The van der Waals surface area contributed by atoms with Gasteiger partial charge in [-0.2, -0.15) is 0 Å². The van der Waals surface area contributed by atoms with Crippen LogP contribution in [0.4, 0.5) is 11.5 Å². The van der Waals surface area contributed by atoms with Crippen molar-refractivity contribution in [1.29, 1.82) is 0 Å². The van der Waals surface area contributed by atoms with Gasteiger partial charge in [0.1, 0.15) is 5.82 Å². The van der Waals surface area contributed by atoms with Crippen molar-refractivity contribution in [3.05, 3.63) is 52.6 Å². The molecule has 3 rings (SSSR count). The molecule has 23 heavy (non-hydrogen) atoms. The Labute approximate surface area is 142 Å². The van der Waals surface area contributed by atoms with Crippen molar-refractivity contribution in [2.45, 2.75) is 13.3 Å². The third kappa shape index (κ3) is 3.59. The smallest absolute Gasteiger partial charge is 0.230 e. The first kappa shape index (κ1) is 15.7. The number of halogens is 1. The summed E-state index contributed by atoms with van der Waals surface area (Å²) in [6.07, 6.45) is 1.87. The van der Waals surface area contributed by atoms with Crippen molar-refractivity contribution in [1.82, 2.24) is 4.98 Å². The standard InChI is InChI=1S/C17H16BrN3O2/c1-11-6-7-19-15(8-11)20-17(23)12-9-16(22)21(10-12)14-4-2-13(18)3-5-14/h2-8,12H,9-10H2,1H3,(H,19,20,23). The summed E-state index contributed by atoms with van der Waals surface area (Å²) in [6, 6.07) is 11.2. The van der Waals surface area contributed by atoms with Crippen LogP contribution in [-0.4, -0.2) is 23.3 Å². The van der Waals surface area contributed by atoms with E-state index in [1.807, 2.05) is 37.3 Å². The van der Waals surface area contributed by atoms with Crippen LogP contribution in [0.3, 0.4) is 0 Å². The Bertz CT molecular complexity index is 746. The van der Waals surface area contributed by atoms with Gasteiger partial charge >= 0.3 is 0 Å². The van der Waals surface area contributed by atoms with Crippen LogP contribution in [0, 0.1) is 12.8 Å². The Kier molecular flexibility index (Phi) is 4.43. The molecule has 1 unspecified atom stereocenters. The van der Waals surface area contributed by atoms with E-state index in [4.69, 9.17) is 0 Å². The second kappa shape index (κ2) is 6.50. The van der Waals surface area contributed by atoms with E-state index in [0.717, 1.165) is 15.7 Å². The van der Waals surface area contributed by atoms with Gasteiger partial charge in [-0.1, -0.05) is 15.9 Å². The molecule has 6 heteroatoms. The van der Waals surface area contributed by atoms with Crippen molar-refractivity contribution < 1.29 is 9.59 Å². The number of rotatable bonds is 3. The summed E-state index contributed by atoms with van der Waals surface area (Å²) in [5.74, 6) is -0.0567. The van der Waals surface area contributed by atoms with Gasteiger partial charge < -0.3 is 10.2 Å². The Hall–Kier alpha value is -2.21. The monoisotopic (exact) mass is 373 g/mol. The Morgan fingerprint density at radius 2 is 2.04 bits per heavy atom. The summed E-state index contributed by atoms with van der Waals surface area (Å²) in [6.45, 7) is 2.32. The van der Waals surface area contributed by atoms with Crippen molar-refractivity contribution >= 4 is 39.2 Å². The van der Waals surface area contributed by atoms with Crippen LogP contribution in [0.25, 0.3) is 0 Å². The van der Waals surface area contributed by atoms with Gasteiger partial charge in [0.15, 0.2) is 0 Å². The zero-order valence-electron chi connectivity index (χ0n) is 12.6. The van der Waals surface area contributed by atoms with E-state index in [1.54, 1.807) is 17.2 Å². The molecule has 1 aliphatic heterocycles. The predicted octanol–water partition coefficient (Wildman–Crippen LogP) is 3.14. The molecular weight excluding hydrogens is 358 g/mol. The number of aromatic nitrogens is 1. The second-order valence-corrected chi connectivity index (χ2v) is 6.51. The van der Waals surface area contributed by atoms with Gasteiger partial charge in [0.05, 0.1) is 5.92 Å². The fourth-order valence-electron chi connectivity index (χ4n) is 2.59. The van der Waals surface area contributed by atoms with Crippen LogP contribution in [-0.2, 0) is 9.59 Å². The lowest BCUT2D eigenvalue weighted by atomic mass is 10.1. The first-order valence-electron chi connectivity index (χ1n) is 7.32. The zero-order valence-corrected chi connectivity index (χ0v) is 14.2. The molecule has 0 aliphatic carbocycles. The molecular formula is C17H16BrN3O2. The SMILES string of the molecule is Cc1ccnc(NC(=O)C2CC(=O)N(c3ccc(Br)cc3)C2)c1. The summed E-state index contributed by atoms with van der Waals surface area (Å²) >= 11 is 3.37. The van der Waals surface area contributed by atoms with Gasteiger partial charge in [0.25, 0.3) is 0 Å². The molecule has 1 N–H and O–H groups in total. The van der Waals surface area contributed by atoms with E-state index in [2.05, 4.69) is 26.2 Å². The fraction of sp³-hybridized carbons (Fsp3) is 0.235. The molecule has 1 saturated heterocycles. The van der Waals surface area contributed by atoms with Crippen LogP contribution in [0.2, 0.25) is 0 Å². The van der Waals surface area contributed by atoms with E-state index in [-0.39, 0.29) is 24.2 Å². The van der Waals surface area contributed by atoms with Crippen LogP contribution < -0.4 is 10.2 Å². The van der Waals surface area contributed by atoms with Crippen molar-refractivity contribution in [3.63, 3.8) is 0 Å². The summed E-state index contributed by atoms with van der Waals surface area (Å²) in [7, 11) is 0. The molecule has 1 aromatic carbocycles. The van der Waals surface area contributed by atoms with Crippen LogP contribution in [0.1, 0.15) is 12.0 Å². The largest absolute Gasteiger partial charge is 0.312 e. The maximum atomic E-state index is 12.4. The number of anilines is 2. The minimum atomic E-state index is -0.367. The highest BCUT2D eigenvalue weighted by molar-refractivity contribution is 9.10. The third-order valence-electron chi connectivity index (χ3n) is 3.80. The normalized spacial score (nSPS) is 17.4. The molecule has 1 aromatic heterocycles. The fourth-order valence-corrected chi connectivity index (χ4v) is 2.85. The highest BCUT2D eigenvalue weighted by Gasteiger charge is 2.35. The van der Waals surface area contributed by atoms with E-state index in [0.29, 0.717) is 12.4 Å². The van der Waals surface area contributed by atoms with Gasteiger partial charge in [-0.25, -0.2) is 4.98 Å². The molecule has 0 radical (unpaired) electrons. The third-order valence-corrected chi connectivity index (χ3v) is 4.33. The van der Waals surface area contributed by atoms with Gasteiger partial charge in [0.2, 0.25) is 11.8 Å². The number of amides is 2. The minimum Gasteiger partial charge on any atom is -0.312 e. The quantitative estimate of drug-likeness (QED) is 0.898. The lowest BCUT2D eigenvalue weighted by Gasteiger charge is -2.16. The summed E-state index contributed by atoms with van der Waals surface area (Å²) < 4.78 is 0.952. The topological polar surface area (TPSA) is 62.3 Å². The molecule has 0 saturated carbocycles. The number of nitrogens with one attached hydrogen (secondary N) is 1. The molecule has 118 valence electrons. The molecule has 1 atom stereocenters. The number of aryl methyl sites for hydroxylation is 1. The first-order chi connectivity index (χ1) is 11.0. The summed E-state index contributed by atoms with van der Waals surface area (Å²) in [5.41, 5.74) is 1.83. The van der Waals surface area contributed by atoms with E-state index in [1.165, 1.54) is 0 Å². The number of hydrogen-bond acceptors (Lipinski definition) is 3. The van der Waals surface area contributed by atoms with E-state index >= 15 is 0 Å². The number of carbonyl (C=O) groups excluding carboxylic acids is 2. The maximum Gasteiger partial charge on any atom is 0.230 e. The maximum absolute atomic E-state index is 12.4. The van der Waals surface area contributed by atoms with E-state index < -0.39 is 0 Å². The summed E-state index contributed by atoms with van der Waals surface area (Å²) in [4.78, 5) is 30.3. The Balaban J connectivity index is 1.69. The van der Waals surface area contributed by atoms with E-state index in [9.17, 15) is 9.59 Å². The number of carbonyl (C=O) groups is 2. The number of hydrogen-bond donors (Lipinski definition) is 1. The van der Waals surface area contributed by atoms with Gasteiger partial charge in [-0.3, -0.25) is 9.59 Å².